The van der Waals surface area contributed by atoms with E-state index in [1.807, 2.05) is 23.1 Å². The van der Waals surface area contributed by atoms with Crippen LogP contribution in [0.2, 0.25) is 5.02 Å². The molecule has 2 N–H and O–H groups in total. The summed E-state index contributed by atoms with van der Waals surface area (Å²) < 4.78 is 0. The lowest BCUT2D eigenvalue weighted by atomic mass is 9.98. The first kappa shape index (κ1) is 15.8. The minimum Gasteiger partial charge on any atom is -0.341 e. The third-order valence-corrected chi connectivity index (χ3v) is 5.11. The largest absolute Gasteiger partial charge is 0.341 e. The first-order valence-electron chi connectivity index (χ1n) is 8.23. The average Bonchev–Trinajstić information content (AvgIpc) is 3.17. The Balaban J connectivity index is 1.59. The van der Waals surface area contributed by atoms with E-state index in [2.05, 4.69) is 23.8 Å². The molecule has 1 aromatic rings. The minimum absolute atomic E-state index is 0.0819. The summed E-state index contributed by atoms with van der Waals surface area (Å²) in [4.78, 5) is 14.6. The Hall–Kier alpha value is -1.10. The van der Waals surface area contributed by atoms with Crippen LogP contribution in [0, 0.1) is 0 Å². The van der Waals surface area contributed by atoms with Crippen molar-refractivity contribution in [3.63, 3.8) is 0 Å². The summed E-state index contributed by atoms with van der Waals surface area (Å²) in [5.41, 5.74) is 7.58. The average molecular weight is 322 g/mol. The summed E-state index contributed by atoms with van der Waals surface area (Å²) in [5, 5.41) is 0.811. The van der Waals surface area contributed by atoms with Crippen molar-refractivity contribution in [1.82, 2.24) is 15.8 Å². The SMILES string of the molecule is CCCC1CC(C(=O)N2CCC(c3ccccc3Cl)C2)NN1. The monoisotopic (exact) mass is 321 g/mol. The molecular formula is C17H24ClN3O. The van der Waals surface area contributed by atoms with Gasteiger partial charge in [-0.15, -0.1) is 0 Å². The van der Waals surface area contributed by atoms with Crippen LogP contribution in [0.15, 0.2) is 24.3 Å². The minimum atomic E-state index is -0.0819. The Labute approximate surface area is 137 Å². The van der Waals surface area contributed by atoms with Crippen molar-refractivity contribution in [2.24, 2.45) is 0 Å². The number of hydrogen-bond donors (Lipinski definition) is 2. The summed E-state index contributed by atoms with van der Waals surface area (Å²) >= 11 is 6.29. The van der Waals surface area contributed by atoms with Gasteiger partial charge in [0.05, 0.1) is 0 Å². The van der Waals surface area contributed by atoms with E-state index < -0.39 is 0 Å². The zero-order valence-corrected chi connectivity index (χ0v) is 13.8. The third-order valence-electron chi connectivity index (χ3n) is 4.76. The van der Waals surface area contributed by atoms with E-state index in [1.54, 1.807) is 0 Å². The van der Waals surface area contributed by atoms with Crippen LogP contribution < -0.4 is 10.9 Å². The van der Waals surface area contributed by atoms with Crippen LogP contribution in [-0.4, -0.2) is 36.0 Å². The fourth-order valence-corrected chi connectivity index (χ4v) is 3.85. The molecule has 3 rings (SSSR count). The summed E-state index contributed by atoms with van der Waals surface area (Å²) in [6, 6.07) is 8.31. The molecule has 5 heteroatoms. The Morgan fingerprint density at radius 1 is 1.36 bits per heavy atom. The lowest BCUT2D eigenvalue weighted by molar-refractivity contribution is -0.132. The van der Waals surface area contributed by atoms with Gasteiger partial charge in [0.1, 0.15) is 6.04 Å². The predicted octanol–water partition coefficient (Wildman–Crippen LogP) is 2.69. The van der Waals surface area contributed by atoms with E-state index in [1.165, 1.54) is 5.56 Å². The highest BCUT2D eigenvalue weighted by atomic mass is 35.5. The third kappa shape index (κ3) is 3.29. The molecule has 2 aliphatic heterocycles. The fourth-order valence-electron chi connectivity index (χ4n) is 3.56. The standard InChI is InChI=1S/C17H24ClN3O/c1-2-5-13-10-16(20-19-13)17(22)21-9-8-12(11-21)14-6-3-4-7-15(14)18/h3-4,6-7,12-13,16,19-20H,2,5,8-11H2,1H3. The molecule has 2 heterocycles. The van der Waals surface area contributed by atoms with Gasteiger partial charge in [0.25, 0.3) is 0 Å². The number of hydrogen-bond acceptors (Lipinski definition) is 3. The summed E-state index contributed by atoms with van der Waals surface area (Å²) in [5.74, 6) is 0.583. The van der Waals surface area contributed by atoms with Crippen molar-refractivity contribution in [2.75, 3.05) is 13.1 Å². The van der Waals surface area contributed by atoms with Gasteiger partial charge < -0.3 is 4.90 Å². The van der Waals surface area contributed by atoms with Crippen molar-refractivity contribution >= 4 is 17.5 Å². The highest BCUT2D eigenvalue weighted by Crippen LogP contribution is 2.32. The van der Waals surface area contributed by atoms with Gasteiger partial charge in [0, 0.05) is 30.1 Å². The quantitative estimate of drug-likeness (QED) is 0.896. The smallest absolute Gasteiger partial charge is 0.241 e. The Morgan fingerprint density at radius 3 is 2.95 bits per heavy atom. The highest BCUT2D eigenvalue weighted by molar-refractivity contribution is 6.31. The molecular weight excluding hydrogens is 298 g/mol. The lowest BCUT2D eigenvalue weighted by Crippen LogP contribution is -2.44. The summed E-state index contributed by atoms with van der Waals surface area (Å²) in [6.45, 7) is 3.77. The van der Waals surface area contributed by atoms with Crippen molar-refractivity contribution in [1.29, 1.82) is 0 Å². The number of likely N-dealkylation sites (tertiary alicyclic amines) is 1. The molecule has 1 amide bonds. The molecule has 0 saturated carbocycles. The molecule has 120 valence electrons. The topological polar surface area (TPSA) is 44.4 Å². The van der Waals surface area contributed by atoms with Gasteiger partial charge in [0.15, 0.2) is 0 Å². The van der Waals surface area contributed by atoms with Gasteiger partial charge in [-0.1, -0.05) is 43.1 Å². The molecule has 2 aliphatic rings. The van der Waals surface area contributed by atoms with Crippen LogP contribution in [-0.2, 0) is 4.79 Å². The molecule has 0 aromatic heterocycles. The van der Waals surface area contributed by atoms with Crippen LogP contribution >= 0.6 is 11.6 Å². The van der Waals surface area contributed by atoms with Crippen molar-refractivity contribution in [3.05, 3.63) is 34.9 Å². The second kappa shape index (κ2) is 6.99. The zero-order chi connectivity index (χ0) is 15.5. The van der Waals surface area contributed by atoms with Gasteiger partial charge in [-0.2, -0.15) is 0 Å². The molecule has 2 saturated heterocycles. The molecule has 2 fully saturated rings. The normalized spacial score (nSPS) is 28.3. The number of carbonyl (C=O) groups is 1. The highest BCUT2D eigenvalue weighted by Gasteiger charge is 2.35. The van der Waals surface area contributed by atoms with E-state index in [0.717, 1.165) is 43.8 Å². The summed E-state index contributed by atoms with van der Waals surface area (Å²) in [7, 11) is 0. The van der Waals surface area contributed by atoms with Crippen LogP contribution in [0.3, 0.4) is 0 Å². The van der Waals surface area contributed by atoms with Gasteiger partial charge in [0.2, 0.25) is 5.91 Å². The van der Waals surface area contributed by atoms with E-state index in [0.29, 0.717) is 12.0 Å². The van der Waals surface area contributed by atoms with Crippen LogP contribution in [0.5, 0.6) is 0 Å². The molecule has 3 atom stereocenters. The number of halogens is 1. The van der Waals surface area contributed by atoms with Gasteiger partial charge >= 0.3 is 0 Å². The van der Waals surface area contributed by atoms with E-state index in [9.17, 15) is 4.79 Å². The maximum atomic E-state index is 12.6. The first-order valence-corrected chi connectivity index (χ1v) is 8.61. The predicted molar refractivity (Wildman–Crippen MR) is 88.8 cm³/mol. The molecule has 1 aromatic carbocycles. The molecule has 4 nitrogen and oxygen atoms in total. The van der Waals surface area contributed by atoms with Crippen LogP contribution in [0.1, 0.15) is 44.1 Å². The maximum absolute atomic E-state index is 12.6. The Bertz CT molecular complexity index is 536. The van der Waals surface area contributed by atoms with E-state index in [4.69, 9.17) is 11.6 Å². The van der Waals surface area contributed by atoms with Gasteiger partial charge in [-0.05, 0) is 30.9 Å². The number of carbonyl (C=O) groups excluding carboxylic acids is 1. The van der Waals surface area contributed by atoms with Gasteiger partial charge in [-0.3, -0.25) is 10.2 Å². The Morgan fingerprint density at radius 2 is 2.18 bits per heavy atom. The second-order valence-corrected chi connectivity index (χ2v) is 6.76. The van der Waals surface area contributed by atoms with Crippen molar-refractivity contribution in [3.8, 4) is 0 Å². The number of nitrogens with one attached hydrogen (secondary N) is 2. The Kier molecular flexibility index (Phi) is 5.01. The number of nitrogens with zero attached hydrogens (tertiary/aromatic N) is 1. The molecule has 0 radical (unpaired) electrons. The second-order valence-electron chi connectivity index (χ2n) is 6.35. The number of benzene rings is 1. The van der Waals surface area contributed by atoms with Crippen LogP contribution in [0.25, 0.3) is 0 Å². The molecule has 0 bridgehead atoms. The fraction of sp³-hybridized carbons (Fsp3) is 0.588. The molecule has 3 unspecified atom stereocenters. The molecule has 22 heavy (non-hydrogen) atoms. The first-order chi connectivity index (χ1) is 10.7. The van der Waals surface area contributed by atoms with Gasteiger partial charge in [-0.25, -0.2) is 5.43 Å². The number of amides is 1. The maximum Gasteiger partial charge on any atom is 0.241 e. The number of hydrazine groups is 1. The van der Waals surface area contributed by atoms with Crippen LogP contribution in [0.4, 0.5) is 0 Å². The summed E-state index contributed by atoms with van der Waals surface area (Å²) in [6.07, 6.45) is 4.13. The molecule has 0 spiro atoms. The molecule has 0 aliphatic carbocycles. The van der Waals surface area contributed by atoms with Crippen molar-refractivity contribution in [2.45, 2.75) is 50.6 Å². The number of rotatable bonds is 4. The zero-order valence-electron chi connectivity index (χ0n) is 13.0. The van der Waals surface area contributed by atoms with E-state index in [-0.39, 0.29) is 11.9 Å². The van der Waals surface area contributed by atoms with Crippen molar-refractivity contribution < 1.29 is 4.79 Å². The van der Waals surface area contributed by atoms with E-state index >= 15 is 0 Å². The lowest BCUT2D eigenvalue weighted by Gasteiger charge is -2.20.